The molecule has 6 rings (SSSR count). The second-order valence-corrected chi connectivity index (χ2v) is 8.88. The molecule has 2 aromatic heterocycles. The quantitative estimate of drug-likeness (QED) is 0.351. The maximum absolute atomic E-state index is 15.7. The number of morpholine rings is 1. The first kappa shape index (κ1) is 22.5. The van der Waals surface area contributed by atoms with E-state index < -0.39 is 5.82 Å². The van der Waals surface area contributed by atoms with Gasteiger partial charge in [-0.15, -0.1) is 0 Å². The summed E-state index contributed by atoms with van der Waals surface area (Å²) in [5.74, 6) is -0.294. The summed E-state index contributed by atoms with van der Waals surface area (Å²) in [5.41, 5.74) is 2.24. The number of rotatable bonds is 4. The molecule has 1 saturated heterocycles. The lowest BCUT2D eigenvalue weighted by Gasteiger charge is -2.29. The van der Waals surface area contributed by atoms with E-state index in [-0.39, 0.29) is 16.9 Å². The minimum atomic E-state index is -0.473. The van der Waals surface area contributed by atoms with Crippen molar-refractivity contribution in [3.05, 3.63) is 100 Å². The maximum Gasteiger partial charge on any atom is 0.269 e. The first-order chi connectivity index (χ1) is 17.6. The molecule has 7 nitrogen and oxygen atoms in total. The number of fused-ring (bicyclic) bond motifs is 1. The highest BCUT2D eigenvalue weighted by Crippen LogP contribution is 2.29. The topological polar surface area (TPSA) is 65.2 Å². The monoisotopic (exact) mass is 501 g/mol. The van der Waals surface area contributed by atoms with Crippen LogP contribution in [0.25, 0.3) is 33.8 Å². The molecule has 9 heteroatoms. The number of halogens is 2. The summed E-state index contributed by atoms with van der Waals surface area (Å²) < 4.78 is 24.1. The molecular weight excluding hydrogens is 481 g/mol. The molecule has 5 aromatic rings. The van der Waals surface area contributed by atoms with E-state index in [1.165, 1.54) is 16.8 Å². The Kier molecular flexibility index (Phi) is 5.75. The van der Waals surface area contributed by atoms with Crippen LogP contribution in [0.1, 0.15) is 0 Å². The summed E-state index contributed by atoms with van der Waals surface area (Å²) in [4.78, 5) is 20.6. The van der Waals surface area contributed by atoms with Gasteiger partial charge >= 0.3 is 0 Å². The van der Waals surface area contributed by atoms with Crippen molar-refractivity contribution in [1.29, 1.82) is 0 Å². The molecule has 0 bridgehead atoms. The van der Waals surface area contributed by atoms with E-state index >= 15 is 4.39 Å². The van der Waals surface area contributed by atoms with Gasteiger partial charge in [0.2, 0.25) is 0 Å². The van der Waals surface area contributed by atoms with Crippen LogP contribution in [0.3, 0.4) is 0 Å². The van der Waals surface area contributed by atoms with Gasteiger partial charge in [-0.1, -0.05) is 29.8 Å². The highest BCUT2D eigenvalue weighted by molar-refractivity contribution is 6.30. The summed E-state index contributed by atoms with van der Waals surface area (Å²) in [7, 11) is 0. The molecule has 180 valence electrons. The molecule has 0 spiro atoms. The molecule has 1 fully saturated rings. The molecule has 0 N–H and O–H groups in total. The van der Waals surface area contributed by atoms with Crippen LogP contribution in [-0.4, -0.2) is 45.6 Å². The first-order valence-electron chi connectivity index (χ1n) is 11.5. The molecule has 3 heterocycles. The molecule has 1 aliphatic heterocycles. The summed E-state index contributed by atoms with van der Waals surface area (Å²) in [6.07, 6.45) is 1.49. The van der Waals surface area contributed by atoms with Crippen LogP contribution in [0.5, 0.6) is 0 Å². The van der Waals surface area contributed by atoms with Gasteiger partial charge in [-0.3, -0.25) is 9.36 Å². The van der Waals surface area contributed by atoms with E-state index in [1.54, 1.807) is 35.0 Å². The molecule has 0 saturated carbocycles. The zero-order chi connectivity index (χ0) is 24.6. The third kappa shape index (κ3) is 3.94. The smallest absolute Gasteiger partial charge is 0.269 e. The van der Waals surface area contributed by atoms with Crippen molar-refractivity contribution in [2.45, 2.75) is 0 Å². The summed E-state index contributed by atoms with van der Waals surface area (Å²) in [5, 5.41) is 5.27. The van der Waals surface area contributed by atoms with Gasteiger partial charge in [0.1, 0.15) is 11.2 Å². The number of nitrogens with zero attached hydrogens (tertiary/aromatic N) is 5. The van der Waals surface area contributed by atoms with E-state index in [1.807, 2.05) is 36.4 Å². The Bertz CT molecular complexity index is 1610. The molecule has 0 radical (unpaired) electrons. The minimum absolute atomic E-state index is 0.179. The number of hydrogen-bond acceptors (Lipinski definition) is 5. The highest BCUT2D eigenvalue weighted by Gasteiger charge is 2.22. The fraction of sp³-hybridized carbons (Fsp3) is 0.148. The number of anilines is 1. The lowest BCUT2D eigenvalue weighted by molar-refractivity contribution is 0.122. The lowest BCUT2D eigenvalue weighted by atomic mass is 10.1. The van der Waals surface area contributed by atoms with E-state index in [0.29, 0.717) is 48.0 Å². The van der Waals surface area contributed by atoms with Crippen molar-refractivity contribution in [3.8, 4) is 22.8 Å². The first-order valence-corrected chi connectivity index (χ1v) is 11.9. The highest BCUT2D eigenvalue weighted by atomic mass is 35.5. The predicted octanol–water partition coefficient (Wildman–Crippen LogP) is 4.87. The third-order valence-corrected chi connectivity index (χ3v) is 6.51. The zero-order valence-corrected chi connectivity index (χ0v) is 19.9. The number of aromatic nitrogens is 4. The fourth-order valence-electron chi connectivity index (χ4n) is 4.44. The van der Waals surface area contributed by atoms with Gasteiger partial charge in [0.05, 0.1) is 36.3 Å². The van der Waals surface area contributed by atoms with Gasteiger partial charge < -0.3 is 9.64 Å². The van der Waals surface area contributed by atoms with Crippen LogP contribution in [-0.2, 0) is 4.74 Å². The average molecular weight is 502 g/mol. The second-order valence-electron chi connectivity index (χ2n) is 8.45. The molecule has 3 aromatic carbocycles. The molecule has 0 atom stereocenters. The number of hydrogen-bond donors (Lipinski definition) is 0. The number of para-hydroxylation sites is 1. The van der Waals surface area contributed by atoms with Gasteiger partial charge in [0.15, 0.2) is 11.5 Å². The SMILES string of the molecule is O=c1c2cnn(-c3ccccc3)c2nc(-c2ccc(N3CCOCC3)cc2F)n1-c1ccc(Cl)cc1. The third-order valence-electron chi connectivity index (χ3n) is 6.26. The van der Waals surface area contributed by atoms with Crippen LogP contribution in [0.2, 0.25) is 5.02 Å². The van der Waals surface area contributed by atoms with Crippen LogP contribution in [0.4, 0.5) is 10.1 Å². The van der Waals surface area contributed by atoms with Gasteiger partial charge in [0, 0.05) is 23.8 Å². The Morgan fingerprint density at radius 2 is 1.61 bits per heavy atom. The molecule has 0 unspecified atom stereocenters. The Balaban J connectivity index is 1.58. The zero-order valence-electron chi connectivity index (χ0n) is 19.1. The van der Waals surface area contributed by atoms with Gasteiger partial charge in [-0.2, -0.15) is 5.10 Å². The second kappa shape index (κ2) is 9.22. The molecule has 36 heavy (non-hydrogen) atoms. The Labute approximate surface area is 210 Å². The van der Waals surface area contributed by atoms with E-state index in [9.17, 15) is 4.79 Å². The lowest BCUT2D eigenvalue weighted by Crippen LogP contribution is -2.36. The summed E-state index contributed by atoms with van der Waals surface area (Å²) in [6, 6.07) is 21.2. The van der Waals surface area contributed by atoms with Gasteiger partial charge in [0.25, 0.3) is 5.56 Å². The van der Waals surface area contributed by atoms with Crippen LogP contribution >= 0.6 is 11.6 Å². The van der Waals surface area contributed by atoms with Crippen LogP contribution in [0, 0.1) is 5.82 Å². The summed E-state index contributed by atoms with van der Waals surface area (Å²) in [6.45, 7) is 2.58. The summed E-state index contributed by atoms with van der Waals surface area (Å²) >= 11 is 6.09. The van der Waals surface area contributed by atoms with Crippen molar-refractivity contribution in [3.63, 3.8) is 0 Å². The Morgan fingerprint density at radius 1 is 0.889 bits per heavy atom. The largest absolute Gasteiger partial charge is 0.378 e. The molecule has 0 amide bonds. The van der Waals surface area contributed by atoms with Gasteiger partial charge in [-0.25, -0.2) is 14.1 Å². The van der Waals surface area contributed by atoms with Crippen molar-refractivity contribution in [2.24, 2.45) is 0 Å². The van der Waals surface area contributed by atoms with Crippen LogP contribution < -0.4 is 10.5 Å². The minimum Gasteiger partial charge on any atom is -0.378 e. The van der Waals surface area contributed by atoms with Crippen molar-refractivity contribution in [2.75, 3.05) is 31.2 Å². The average Bonchev–Trinajstić information content (AvgIpc) is 3.35. The van der Waals surface area contributed by atoms with Crippen LogP contribution in [0.15, 0.2) is 83.8 Å². The normalized spacial score (nSPS) is 13.9. The predicted molar refractivity (Wildman–Crippen MR) is 138 cm³/mol. The molecule has 1 aliphatic rings. The van der Waals surface area contributed by atoms with Crippen molar-refractivity contribution >= 4 is 28.3 Å². The van der Waals surface area contributed by atoms with E-state index in [4.69, 9.17) is 21.3 Å². The Hall–Kier alpha value is -4.01. The van der Waals surface area contributed by atoms with E-state index in [0.717, 1.165) is 11.4 Å². The van der Waals surface area contributed by atoms with Crippen molar-refractivity contribution < 1.29 is 9.13 Å². The molecule has 0 aliphatic carbocycles. The van der Waals surface area contributed by atoms with Gasteiger partial charge in [-0.05, 0) is 54.6 Å². The maximum atomic E-state index is 15.7. The number of benzene rings is 3. The van der Waals surface area contributed by atoms with Crippen molar-refractivity contribution in [1.82, 2.24) is 19.3 Å². The van der Waals surface area contributed by atoms with E-state index in [2.05, 4.69) is 10.00 Å². The molecular formula is C27H21ClFN5O2. The standard InChI is InChI=1S/C27H21ClFN5O2/c28-18-6-8-19(9-7-18)33-25(22-11-10-21(16-24(22)29)32-12-14-36-15-13-32)31-26-23(27(33)35)17-30-34(26)20-4-2-1-3-5-20/h1-11,16-17H,12-15H2. The fourth-order valence-corrected chi connectivity index (χ4v) is 4.57. The number of ether oxygens (including phenoxy) is 1. The Morgan fingerprint density at radius 3 is 2.33 bits per heavy atom.